The highest BCUT2D eigenvalue weighted by molar-refractivity contribution is 5.87. The van der Waals surface area contributed by atoms with Gasteiger partial charge in [-0.3, -0.25) is 19.3 Å². The van der Waals surface area contributed by atoms with Crippen LogP contribution in [0.3, 0.4) is 0 Å². The van der Waals surface area contributed by atoms with Crippen LogP contribution in [-0.2, 0) is 14.4 Å². The maximum absolute atomic E-state index is 13.0. The van der Waals surface area contributed by atoms with E-state index < -0.39 is 6.04 Å². The summed E-state index contributed by atoms with van der Waals surface area (Å²) in [5, 5.41) is 5.94. The minimum absolute atomic E-state index is 0.0434. The summed E-state index contributed by atoms with van der Waals surface area (Å²) >= 11 is 0. The first-order chi connectivity index (χ1) is 12.5. The molecule has 1 aliphatic heterocycles. The number of hydrogen-bond donors (Lipinski definition) is 2. The second-order valence-corrected chi connectivity index (χ2v) is 8.04. The lowest BCUT2D eigenvalue weighted by molar-refractivity contribution is -0.140. The zero-order valence-corrected chi connectivity index (χ0v) is 16.0. The predicted octanol–water partition coefficient (Wildman–Crippen LogP) is 0.493. The smallest absolute Gasteiger partial charge is 0.245 e. The van der Waals surface area contributed by atoms with E-state index in [9.17, 15) is 14.4 Å². The van der Waals surface area contributed by atoms with E-state index in [0.29, 0.717) is 32.2 Å². The molecule has 2 atom stereocenters. The molecule has 146 valence electrons. The fourth-order valence-electron chi connectivity index (χ4n) is 4.13. The SMILES string of the molecule is CC(=O)NC(C(=O)N1CCN(C(C)C(=O)NC2CC2)CC1)C1CCCC1. The minimum atomic E-state index is -0.392. The molecule has 2 unspecified atom stereocenters. The van der Waals surface area contributed by atoms with Crippen LogP contribution in [-0.4, -0.2) is 71.8 Å². The van der Waals surface area contributed by atoms with Crippen molar-refractivity contribution >= 4 is 17.7 Å². The van der Waals surface area contributed by atoms with Gasteiger partial charge in [-0.25, -0.2) is 0 Å². The molecule has 3 amide bonds. The molecule has 3 aliphatic rings. The van der Waals surface area contributed by atoms with E-state index in [4.69, 9.17) is 0 Å². The van der Waals surface area contributed by atoms with Gasteiger partial charge in [0.15, 0.2) is 0 Å². The van der Waals surface area contributed by atoms with Crippen molar-refractivity contribution < 1.29 is 14.4 Å². The summed E-state index contributed by atoms with van der Waals surface area (Å²) in [5.41, 5.74) is 0. The average Bonchev–Trinajstić information content (AvgIpc) is 3.28. The predicted molar refractivity (Wildman–Crippen MR) is 98.3 cm³/mol. The van der Waals surface area contributed by atoms with Crippen molar-refractivity contribution in [2.75, 3.05) is 26.2 Å². The summed E-state index contributed by atoms with van der Waals surface area (Å²) in [6.07, 6.45) is 6.47. The molecular weight excluding hydrogens is 332 g/mol. The molecule has 0 aromatic rings. The second kappa shape index (κ2) is 8.37. The lowest BCUT2D eigenvalue weighted by Crippen LogP contribution is -2.59. The Morgan fingerprint density at radius 1 is 0.962 bits per heavy atom. The lowest BCUT2D eigenvalue weighted by atomic mass is 9.96. The molecule has 2 aliphatic carbocycles. The molecule has 1 saturated heterocycles. The number of piperazine rings is 1. The second-order valence-electron chi connectivity index (χ2n) is 8.04. The Bertz CT molecular complexity index is 535. The molecule has 2 N–H and O–H groups in total. The van der Waals surface area contributed by atoms with Gasteiger partial charge in [-0.1, -0.05) is 12.8 Å². The summed E-state index contributed by atoms with van der Waals surface area (Å²) < 4.78 is 0. The number of carbonyl (C=O) groups is 3. The van der Waals surface area contributed by atoms with E-state index in [1.807, 2.05) is 11.8 Å². The molecule has 0 bridgehead atoms. The molecule has 0 aromatic carbocycles. The monoisotopic (exact) mass is 364 g/mol. The molecule has 1 heterocycles. The third-order valence-corrected chi connectivity index (χ3v) is 5.97. The zero-order chi connectivity index (χ0) is 18.7. The van der Waals surface area contributed by atoms with Gasteiger partial charge in [0, 0.05) is 39.1 Å². The summed E-state index contributed by atoms with van der Waals surface area (Å²) in [4.78, 5) is 40.8. The number of rotatable bonds is 6. The molecule has 0 spiro atoms. The number of nitrogens with zero attached hydrogens (tertiary/aromatic N) is 2. The summed E-state index contributed by atoms with van der Waals surface area (Å²) in [5.74, 6) is 0.253. The van der Waals surface area contributed by atoms with Crippen LogP contribution < -0.4 is 10.6 Å². The van der Waals surface area contributed by atoms with Gasteiger partial charge in [-0.15, -0.1) is 0 Å². The van der Waals surface area contributed by atoms with Crippen LogP contribution in [0.2, 0.25) is 0 Å². The Balaban J connectivity index is 1.52. The topological polar surface area (TPSA) is 81.8 Å². The van der Waals surface area contributed by atoms with E-state index in [1.54, 1.807) is 0 Å². The molecule has 0 radical (unpaired) electrons. The fraction of sp³-hybridized carbons (Fsp3) is 0.842. The standard InChI is InChI=1S/C19H32N4O3/c1-13(18(25)21-16-7-8-16)22-9-11-23(12-10-22)19(26)17(20-14(2)24)15-5-3-4-6-15/h13,15-17H,3-12H2,1-2H3,(H,20,24)(H,21,25). The van der Waals surface area contributed by atoms with Crippen LogP contribution in [0, 0.1) is 5.92 Å². The highest BCUT2D eigenvalue weighted by Gasteiger charge is 2.36. The molecule has 7 heteroatoms. The van der Waals surface area contributed by atoms with Crippen LogP contribution in [0.25, 0.3) is 0 Å². The number of amides is 3. The molecule has 3 fully saturated rings. The molecule has 2 saturated carbocycles. The van der Waals surface area contributed by atoms with Crippen molar-refractivity contribution in [3.05, 3.63) is 0 Å². The van der Waals surface area contributed by atoms with Crippen molar-refractivity contribution in [1.82, 2.24) is 20.4 Å². The van der Waals surface area contributed by atoms with Gasteiger partial charge in [0.05, 0.1) is 6.04 Å². The Morgan fingerprint density at radius 2 is 1.58 bits per heavy atom. The zero-order valence-electron chi connectivity index (χ0n) is 16.0. The van der Waals surface area contributed by atoms with Crippen LogP contribution in [0.5, 0.6) is 0 Å². The van der Waals surface area contributed by atoms with Gasteiger partial charge in [-0.05, 0) is 38.5 Å². The quantitative estimate of drug-likeness (QED) is 0.719. The summed E-state index contributed by atoms with van der Waals surface area (Å²) in [6, 6.07) is -0.177. The first-order valence-corrected chi connectivity index (χ1v) is 10.1. The third-order valence-electron chi connectivity index (χ3n) is 5.97. The molecule has 26 heavy (non-hydrogen) atoms. The Kier molecular flexibility index (Phi) is 6.16. The normalized spacial score (nSPS) is 24.2. The summed E-state index contributed by atoms with van der Waals surface area (Å²) in [7, 11) is 0. The highest BCUT2D eigenvalue weighted by atomic mass is 16.2. The maximum Gasteiger partial charge on any atom is 0.245 e. The Morgan fingerprint density at radius 3 is 2.12 bits per heavy atom. The number of hydrogen-bond acceptors (Lipinski definition) is 4. The number of carbonyl (C=O) groups excluding carboxylic acids is 3. The van der Waals surface area contributed by atoms with Crippen molar-refractivity contribution in [2.45, 2.75) is 70.5 Å². The molecule has 0 aromatic heterocycles. The van der Waals surface area contributed by atoms with Gasteiger partial charge in [-0.2, -0.15) is 0 Å². The van der Waals surface area contributed by atoms with Crippen LogP contribution >= 0.6 is 0 Å². The van der Waals surface area contributed by atoms with Gasteiger partial charge < -0.3 is 15.5 Å². The van der Waals surface area contributed by atoms with E-state index in [1.165, 1.54) is 6.92 Å². The van der Waals surface area contributed by atoms with E-state index in [0.717, 1.165) is 38.5 Å². The average molecular weight is 364 g/mol. The summed E-state index contributed by atoms with van der Waals surface area (Å²) in [6.45, 7) is 6.04. The minimum Gasteiger partial charge on any atom is -0.352 e. The van der Waals surface area contributed by atoms with Crippen molar-refractivity contribution in [2.24, 2.45) is 5.92 Å². The van der Waals surface area contributed by atoms with Gasteiger partial charge in [0.2, 0.25) is 17.7 Å². The van der Waals surface area contributed by atoms with Crippen LogP contribution in [0.15, 0.2) is 0 Å². The maximum atomic E-state index is 13.0. The fourth-order valence-corrected chi connectivity index (χ4v) is 4.13. The van der Waals surface area contributed by atoms with Gasteiger partial charge >= 0.3 is 0 Å². The lowest BCUT2D eigenvalue weighted by Gasteiger charge is -2.39. The van der Waals surface area contributed by atoms with Crippen LogP contribution in [0.4, 0.5) is 0 Å². The largest absolute Gasteiger partial charge is 0.352 e. The third kappa shape index (κ3) is 4.75. The first-order valence-electron chi connectivity index (χ1n) is 10.1. The number of nitrogens with one attached hydrogen (secondary N) is 2. The first kappa shape index (κ1) is 19.1. The Labute approximate surface area is 155 Å². The van der Waals surface area contributed by atoms with Gasteiger partial charge in [0.1, 0.15) is 6.04 Å². The van der Waals surface area contributed by atoms with E-state index in [-0.39, 0.29) is 29.7 Å². The Hall–Kier alpha value is -1.63. The molecule has 3 rings (SSSR count). The molecular formula is C19H32N4O3. The van der Waals surface area contributed by atoms with Crippen LogP contribution in [0.1, 0.15) is 52.4 Å². The molecule has 7 nitrogen and oxygen atoms in total. The van der Waals surface area contributed by atoms with E-state index in [2.05, 4.69) is 15.5 Å². The van der Waals surface area contributed by atoms with Crippen molar-refractivity contribution in [3.8, 4) is 0 Å². The van der Waals surface area contributed by atoms with E-state index >= 15 is 0 Å². The van der Waals surface area contributed by atoms with Crippen molar-refractivity contribution in [3.63, 3.8) is 0 Å². The highest BCUT2D eigenvalue weighted by Crippen LogP contribution is 2.29. The van der Waals surface area contributed by atoms with Crippen molar-refractivity contribution in [1.29, 1.82) is 0 Å². The van der Waals surface area contributed by atoms with Gasteiger partial charge in [0.25, 0.3) is 0 Å².